The minimum absolute atomic E-state index is 0.139. The van der Waals surface area contributed by atoms with Crippen molar-refractivity contribution < 1.29 is 74.6 Å². The topological polar surface area (TPSA) is 269 Å². The predicted octanol–water partition coefficient (Wildman–Crippen LogP) is 4.38. The molecule has 1 heterocycles. The molecule has 0 radical (unpaired) electrons. The molecule has 0 amide bonds. The summed E-state index contributed by atoms with van der Waals surface area (Å²) in [4.78, 5) is 43.2. The second-order valence-corrected chi connectivity index (χ2v) is 13.6. The molecule has 0 aliphatic carbocycles. The molecule has 9 N–H and O–H groups in total. The number of hydrogen-bond acceptors (Lipinski definition) is 14. The summed E-state index contributed by atoms with van der Waals surface area (Å²) in [6, 6.07) is 15.0. The standard InChI is InChI=1S/C18H32O2.C10H12O4.C8H4O3.C5H12O4.C3H8O2/c1-2-3-4-5-6-7-8-9-10-11-12-13-14-15-16-17-18(19)20;11-6-9(12)7-14-10(13)8-4-2-1-3-5-8;9-7-5-3-1-2-4-6(5)8(10)11-7;6-1-5(2-7,3-8)4-9;1-3(5)2-4/h6-7,9-10H,2-5,8,11-17H2,1H3,(H,19,20);1-5,9,11-12H,6-7H2;1-4H;6-9H,1-4H2;3-5H,2H2,1H3/b7-6-,10-9-;;;;. The number of aliphatic hydroxyl groups excluding tert-OH is 8. The number of carbonyl (C=O) groups is 4. The van der Waals surface area contributed by atoms with Gasteiger partial charge in [0, 0.05) is 6.42 Å². The number of carbonyl (C=O) groups excluding carboxylic acids is 3. The summed E-state index contributed by atoms with van der Waals surface area (Å²) >= 11 is 0. The number of rotatable bonds is 23. The number of hydrogen-bond donors (Lipinski definition) is 9. The van der Waals surface area contributed by atoms with E-state index in [2.05, 4.69) is 36.0 Å². The Bertz CT molecular complexity index is 1370. The average Bonchev–Trinajstić information content (AvgIpc) is 3.55. The van der Waals surface area contributed by atoms with Crippen molar-refractivity contribution in [2.24, 2.45) is 5.41 Å². The number of esters is 3. The number of benzene rings is 2. The maximum absolute atomic E-state index is 11.3. The lowest BCUT2D eigenvalue weighted by atomic mass is 9.93. The van der Waals surface area contributed by atoms with Crippen molar-refractivity contribution in [1.29, 1.82) is 0 Å². The molecule has 0 saturated carbocycles. The van der Waals surface area contributed by atoms with E-state index in [9.17, 15) is 19.2 Å². The molecule has 0 saturated heterocycles. The molecule has 59 heavy (non-hydrogen) atoms. The molecule has 15 nitrogen and oxygen atoms in total. The Morgan fingerprint density at radius 1 is 0.678 bits per heavy atom. The fraction of sp³-hybridized carbons (Fsp3) is 0.545. The van der Waals surface area contributed by atoms with Gasteiger partial charge in [0.2, 0.25) is 0 Å². The second-order valence-electron chi connectivity index (χ2n) is 13.6. The summed E-state index contributed by atoms with van der Waals surface area (Å²) in [5.74, 6) is -2.27. The lowest BCUT2D eigenvalue weighted by molar-refractivity contribution is -0.137. The Balaban J connectivity index is 0. The van der Waals surface area contributed by atoms with Crippen molar-refractivity contribution in [2.45, 2.75) is 103 Å². The van der Waals surface area contributed by atoms with Gasteiger partial charge in [-0.25, -0.2) is 14.4 Å². The van der Waals surface area contributed by atoms with Crippen molar-refractivity contribution in [3.63, 3.8) is 0 Å². The van der Waals surface area contributed by atoms with E-state index in [4.69, 9.17) is 50.7 Å². The number of aliphatic carboxylic acids is 1. The zero-order chi connectivity index (χ0) is 44.7. The summed E-state index contributed by atoms with van der Waals surface area (Å²) in [6.07, 6.45) is 20.7. The largest absolute Gasteiger partial charge is 0.481 e. The zero-order valence-corrected chi connectivity index (χ0v) is 34.6. The van der Waals surface area contributed by atoms with Gasteiger partial charge in [-0.2, -0.15) is 0 Å². The third-order valence-electron chi connectivity index (χ3n) is 8.13. The predicted molar refractivity (Wildman–Crippen MR) is 223 cm³/mol. The van der Waals surface area contributed by atoms with E-state index >= 15 is 0 Å². The fourth-order valence-corrected chi connectivity index (χ4v) is 4.30. The number of fused-ring (bicyclic) bond motifs is 1. The van der Waals surface area contributed by atoms with Crippen LogP contribution in [0.1, 0.15) is 122 Å². The van der Waals surface area contributed by atoms with Gasteiger partial charge in [0.05, 0.1) is 67.9 Å². The Kier molecular flexibility index (Phi) is 36.5. The van der Waals surface area contributed by atoms with E-state index in [1.54, 1.807) is 54.6 Å². The van der Waals surface area contributed by atoms with E-state index in [1.807, 2.05) is 0 Å². The van der Waals surface area contributed by atoms with E-state index in [-0.39, 0.29) is 13.2 Å². The number of carboxylic acid groups (broad SMARTS) is 1. The number of aliphatic hydroxyl groups is 8. The van der Waals surface area contributed by atoms with Gasteiger partial charge in [0.25, 0.3) is 0 Å². The maximum atomic E-state index is 11.3. The lowest BCUT2D eigenvalue weighted by Gasteiger charge is -2.23. The normalized spacial score (nSPS) is 12.6. The van der Waals surface area contributed by atoms with Crippen molar-refractivity contribution in [1.82, 2.24) is 0 Å². The van der Waals surface area contributed by atoms with E-state index < -0.39 is 74.5 Å². The van der Waals surface area contributed by atoms with Gasteiger partial charge in [-0.3, -0.25) is 4.79 Å². The van der Waals surface area contributed by atoms with Gasteiger partial charge in [-0.15, -0.1) is 0 Å². The molecule has 334 valence electrons. The van der Waals surface area contributed by atoms with Crippen LogP contribution in [0.4, 0.5) is 0 Å². The van der Waals surface area contributed by atoms with Crippen LogP contribution in [-0.4, -0.2) is 128 Å². The minimum Gasteiger partial charge on any atom is -0.481 e. The van der Waals surface area contributed by atoms with Gasteiger partial charge in [0.15, 0.2) is 0 Å². The summed E-state index contributed by atoms with van der Waals surface area (Å²) < 4.78 is 9.09. The minimum atomic E-state index is -1.11. The van der Waals surface area contributed by atoms with Crippen molar-refractivity contribution in [3.05, 3.63) is 95.6 Å². The van der Waals surface area contributed by atoms with Crippen molar-refractivity contribution >= 4 is 23.9 Å². The molecular formula is C44H68O15. The second kappa shape index (κ2) is 37.9. The highest BCUT2D eigenvalue weighted by Crippen LogP contribution is 2.18. The molecule has 2 unspecified atom stereocenters. The molecule has 1 aliphatic heterocycles. The zero-order valence-electron chi connectivity index (χ0n) is 34.6. The summed E-state index contributed by atoms with van der Waals surface area (Å²) in [5, 5.41) is 75.9. The van der Waals surface area contributed by atoms with Gasteiger partial charge >= 0.3 is 23.9 Å². The molecule has 15 heteroatoms. The van der Waals surface area contributed by atoms with Crippen LogP contribution in [0.25, 0.3) is 0 Å². The first-order valence-corrected chi connectivity index (χ1v) is 19.9. The van der Waals surface area contributed by atoms with Crippen LogP contribution < -0.4 is 0 Å². The first-order valence-electron chi connectivity index (χ1n) is 19.9. The maximum Gasteiger partial charge on any atom is 0.346 e. The quantitative estimate of drug-likeness (QED) is 0.0325. The van der Waals surface area contributed by atoms with E-state index in [0.29, 0.717) is 23.1 Å². The highest BCUT2D eigenvalue weighted by molar-refractivity contribution is 6.14. The third-order valence-corrected chi connectivity index (χ3v) is 8.13. The highest BCUT2D eigenvalue weighted by Gasteiger charge is 2.28. The molecule has 0 spiro atoms. The summed E-state index contributed by atoms with van der Waals surface area (Å²) in [6.45, 7) is 1.39. The number of carboxylic acids is 1. The number of cyclic esters (lactones) is 2. The van der Waals surface area contributed by atoms with Crippen LogP contribution in [-0.2, 0) is 14.3 Å². The molecular weight excluding hydrogens is 768 g/mol. The smallest absolute Gasteiger partial charge is 0.346 e. The van der Waals surface area contributed by atoms with Crippen LogP contribution >= 0.6 is 0 Å². The molecule has 2 atom stereocenters. The van der Waals surface area contributed by atoms with E-state index in [1.165, 1.54) is 51.9 Å². The Morgan fingerprint density at radius 2 is 1.14 bits per heavy atom. The van der Waals surface area contributed by atoms with Crippen LogP contribution in [0, 0.1) is 5.41 Å². The Morgan fingerprint density at radius 3 is 1.56 bits per heavy atom. The first-order chi connectivity index (χ1) is 28.3. The van der Waals surface area contributed by atoms with Gasteiger partial charge in [-0.1, -0.05) is 93.7 Å². The Hall–Kier alpha value is -4.32. The third kappa shape index (κ3) is 30.4. The van der Waals surface area contributed by atoms with Gasteiger partial charge in [-0.05, 0) is 69.7 Å². The summed E-state index contributed by atoms with van der Waals surface area (Å²) in [7, 11) is 0. The van der Waals surface area contributed by atoms with Crippen molar-refractivity contribution in [3.8, 4) is 0 Å². The van der Waals surface area contributed by atoms with Crippen LogP contribution in [0.15, 0.2) is 78.9 Å². The monoisotopic (exact) mass is 836 g/mol. The lowest BCUT2D eigenvalue weighted by Crippen LogP contribution is -2.37. The van der Waals surface area contributed by atoms with Gasteiger partial charge < -0.3 is 55.4 Å². The molecule has 0 bridgehead atoms. The molecule has 3 rings (SSSR count). The molecule has 1 aliphatic rings. The number of allylic oxidation sites excluding steroid dienone is 4. The molecule has 0 fully saturated rings. The number of unbranched alkanes of at least 4 members (excludes halogenated alkanes) is 8. The molecule has 0 aromatic heterocycles. The van der Waals surface area contributed by atoms with Crippen LogP contribution in [0.2, 0.25) is 0 Å². The molecule has 2 aromatic rings. The Labute approximate surface area is 348 Å². The molecule has 2 aromatic carbocycles. The van der Waals surface area contributed by atoms with Crippen LogP contribution in [0.5, 0.6) is 0 Å². The highest BCUT2D eigenvalue weighted by atomic mass is 16.6. The fourth-order valence-electron chi connectivity index (χ4n) is 4.30. The van der Waals surface area contributed by atoms with E-state index in [0.717, 1.165) is 25.7 Å². The number of ether oxygens (including phenoxy) is 2. The SMILES string of the molecule is CC(O)CO.CCCCC/C=C\C/C=C\CCCCCCCC(=O)O.O=C(OCC(O)CO)c1ccccc1.O=C1OC(=O)c2ccccc21.OCC(CO)(CO)CO. The summed E-state index contributed by atoms with van der Waals surface area (Å²) in [5.41, 5.74) is 0.0349. The van der Waals surface area contributed by atoms with Crippen LogP contribution in [0.3, 0.4) is 0 Å². The average molecular weight is 837 g/mol. The first kappa shape index (κ1) is 56.8. The van der Waals surface area contributed by atoms with Gasteiger partial charge in [0.1, 0.15) is 12.7 Å². The van der Waals surface area contributed by atoms with Crippen molar-refractivity contribution in [2.75, 3.05) is 46.2 Å².